The van der Waals surface area contributed by atoms with Gasteiger partial charge in [0.05, 0.1) is 0 Å². The molecule has 2 atom stereocenters. The van der Waals surface area contributed by atoms with Gasteiger partial charge in [-0.2, -0.15) is 0 Å². The molecule has 0 fully saturated rings. The van der Waals surface area contributed by atoms with Gasteiger partial charge < -0.3 is 5.73 Å². The summed E-state index contributed by atoms with van der Waals surface area (Å²) in [5.41, 5.74) is 5.30. The van der Waals surface area contributed by atoms with Crippen LogP contribution in [0.4, 0.5) is 0 Å². The summed E-state index contributed by atoms with van der Waals surface area (Å²) in [5, 5.41) is 0. The Morgan fingerprint density at radius 2 is 1.38 bits per heavy atom. The van der Waals surface area contributed by atoms with Crippen LogP contribution in [0.1, 0.15) is 104 Å². The van der Waals surface area contributed by atoms with Crippen LogP contribution in [0.5, 0.6) is 0 Å². The highest BCUT2D eigenvalue weighted by Crippen LogP contribution is 2.28. The largest absolute Gasteiger partial charge is 0.368 e. The van der Waals surface area contributed by atoms with Crippen molar-refractivity contribution in [1.82, 2.24) is 0 Å². The average Bonchev–Trinajstić information content (AvgIpc) is 2.52. The lowest BCUT2D eigenvalue weighted by Gasteiger charge is -2.25. The topological polar surface area (TPSA) is 60.2 Å². The van der Waals surface area contributed by atoms with Crippen LogP contribution in [0.25, 0.3) is 0 Å². The fraction of sp³-hybridized carbons (Fsp3) is 0.900. The summed E-state index contributed by atoms with van der Waals surface area (Å²) in [6.45, 7) is 5.82. The molecule has 0 radical (unpaired) electrons. The first-order chi connectivity index (χ1) is 11.3. The maximum Gasteiger partial charge on any atom is 0.238 e. The van der Waals surface area contributed by atoms with E-state index in [4.69, 9.17) is 17.3 Å². The molecule has 0 bridgehead atoms. The molecule has 142 valence electrons. The Kier molecular flexibility index (Phi) is 13.4. The molecule has 0 saturated carbocycles. The second-order valence-corrected chi connectivity index (χ2v) is 8.14. The predicted molar refractivity (Wildman–Crippen MR) is 103 cm³/mol. The summed E-state index contributed by atoms with van der Waals surface area (Å²) >= 11 is 6.15. The molecular formula is C20H38ClNO2. The molecule has 0 saturated heterocycles. The van der Waals surface area contributed by atoms with E-state index in [0.29, 0.717) is 18.6 Å². The van der Waals surface area contributed by atoms with Gasteiger partial charge in [0.2, 0.25) is 5.91 Å². The summed E-state index contributed by atoms with van der Waals surface area (Å²) in [5.74, 6) is -0.171. The van der Waals surface area contributed by atoms with Crippen molar-refractivity contribution in [2.45, 2.75) is 109 Å². The summed E-state index contributed by atoms with van der Waals surface area (Å²) in [6, 6.07) is 0. The minimum Gasteiger partial charge on any atom is -0.368 e. The molecule has 0 aromatic heterocycles. The molecule has 4 heteroatoms. The van der Waals surface area contributed by atoms with E-state index in [1.165, 1.54) is 44.9 Å². The maximum absolute atomic E-state index is 11.9. The molecule has 0 aliphatic carbocycles. The fourth-order valence-corrected chi connectivity index (χ4v) is 2.99. The van der Waals surface area contributed by atoms with Crippen LogP contribution in [-0.4, -0.2) is 16.6 Å². The second-order valence-electron chi connectivity index (χ2n) is 7.35. The number of hydrogen-bond acceptors (Lipinski definition) is 2. The lowest BCUT2D eigenvalue weighted by Crippen LogP contribution is -2.41. The van der Waals surface area contributed by atoms with E-state index in [2.05, 4.69) is 6.92 Å². The molecule has 0 aromatic rings. The molecule has 2 unspecified atom stereocenters. The third-order valence-electron chi connectivity index (χ3n) is 5.06. The van der Waals surface area contributed by atoms with Gasteiger partial charge in [-0.1, -0.05) is 65.2 Å². The van der Waals surface area contributed by atoms with Gasteiger partial charge in [-0.05, 0) is 32.1 Å². The first kappa shape index (κ1) is 23.4. The predicted octanol–water partition coefficient (Wildman–Crippen LogP) is 5.77. The van der Waals surface area contributed by atoms with Crippen molar-refractivity contribution >= 4 is 23.3 Å². The van der Waals surface area contributed by atoms with E-state index in [1.807, 2.05) is 6.92 Å². The summed E-state index contributed by atoms with van der Waals surface area (Å²) in [7, 11) is 0. The number of ketones is 1. The zero-order valence-electron chi connectivity index (χ0n) is 16.0. The van der Waals surface area contributed by atoms with E-state index in [0.717, 1.165) is 25.7 Å². The summed E-state index contributed by atoms with van der Waals surface area (Å²) < 4.78 is 0. The zero-order valence-corrected chi connectivity index (χ0v) is 16.8. The Balaban J connectivity index is 3.56. The Bertz CT molecular complexity index is 356. The van der Waals surface area contributed by atoms with Gasteiger partial charge in [-0.25, -0.2) is 0 Å². The van der Waals surface area contributed by atoms with Crippen molar-refractivity contribution in [3.8, 4) is 0 Å². The van der Waals surface area contributed by atoms with Crippen LogP contribution in [0.15, 0.2) is 0 Å². The number of primary amides is 1. The Labute approximate surface area is 154 Å². The highest BCUT2D eigenvalue weighted by atomic mass is 35.5. The molecular weight excluding hydrogens is 322 g/mol. The van der Waals surface area contributed by atoms with Crippen molar-refractivity contribution < 1.29 is 9.59 Å². The van der Waals surface area contributed by atoms with Gasteiger partial charge in [0.15, 0.2) is 0 Å². The number of carbonyl (C=O) groups is 2. The highest BCUT2D eigenvalue weighted by molar-refractivity contribution is 6.34. The van der Waals surface area contributed by atoms with Crippen LogP contribution in [-0.2, 0) is 9.59 Å². The van der Waals surface area contributed by atoms with Crippen molar-refractivity contribution in [3.63, 3.8) is 0 Å². The number of halogens is 1. The second kappa shape index (κ2) is 13.7. The Morgan fingerprint density at radius 3 is 1.88 bits per heavy atom. The van der Waals surface area contributed by atoms with Crippen LogP contribution < -0.4 is 5.73 Å². The van der Waals surface area contributed by atoms with Crippen LogP contribution in [0.2, 0.25) is 0 Å². The van der Waals surface area contributed by atoms with Crippen molar-refractivity contribution in [1.29, 1.82) is 0 Å². The first-order valence-corrected chi connectivity index (χ1v) is 10.2. The number of unbranched alkanes of at least 4 members (excludes halogenated alkanes) is 8. The quantitative estimate of drug-likeness (QED) is 0.281. The standard InChI is InChI=1S/C20H38ClNO2/c1-4-5-6-7-8-9-10-11-12-15-18(23)16-13-14-17(2)20(3,21)19(22)24/h17H,4-16H2,1-3H3,(H2,22,24). The SMILES string of the molecule is CCCCCCCCCCCC(=O)CCCC(C)C(C)(Cl)C(N)=O. The highest BCUT2D eigenvalue weighted by Gasteiger charge is 2.34. The van der Waals surface area contributed by atoms with E-state index in [9.17, 15) is 9.59 Å². The summed E-state index contributed by atoms with van der Waals surface area (Å²) in [6.07, 6.45) is 14.3. The molecule has 24 heavy (non-hydrogen) atoms. The Morgan fingerprint density at radius 1 is 0.917 bits per heavy atom. The monoisotopic (exact) mass is 359 g/mol. The van der Waals surface area contributed by atoms with E-state index >= 15 is 0 Å². The van der Waals surface area contributed by atoms with E-state index < -0.39 is 10.8 Å². The minimum atomic E-state index is -1.01. The Hall–Kier alpha value is -0.570. The number of Topliss-reactive ketones (excluding diaryl/α,β-unsaturated/α-hetero) is 1. The van der Waals surface area contributed by atoms with Gasteiger partial charge in [-0.15, -0.1) is 11.6 Å². The zero-order chi connectivity index (χ0) is 18.4. The molecule has 1 amide bonds. The number of nitrogens with two attached hydrogens (primary N) is 1. The van der Waals surface area contributed by atoms with Gasteiger partial charge in [0.1, 0.15) is 10.7 Å². The number of amides is 1. The molecule has 0 aliphatic heterocycles. The average molecular weight is 360 g/mol. The maximum atomic E-state index is 11.9. The fourth-order valence-electron chi connectivity index (χ4n) is 2.88. The normalized spacial score (nSPS) is 15.0. The molecule has 0 rings (SSSR count). The lowest BCUT2D eigenvalue weighted by molar-refractivity contribution is -0.121. The molecule has 3 nitrogen and oxygen atoms in total. The molecule has 0 heterocycles. The van der Waals surface area contributed by atoms with E-state index in [1.54, 1.807) is 6.92 Å². The number of rotatable bonds is 16. The first-order valence-electron chi connectivity index (χ1n) is 9.82. The molecule has 0 aliphatic rings. The smallest absolute Gasteiger partial charge is 0.238 e. The van der Waals surface area contributed by atoms with Gasteiger partial charge in [0.25, 0.3) is 0 Å². The van der Waals surface area contributed by atoms with Crippen LogP contribution >= 0.6 is 11.6 Å². The van der Waals surface area contributed by atoms with E-state index in [-0.39, 0.29) is 5.92 Å². The van der Waals surface area contributed by atoms with Crippen LogP contribution in [0, 0.1) is 5.92 Å². The molecule has 0 aromatic carbocycles. The van der Waals surface area contributed by atoms with Gasteiger partial charge in [0, 0.05) is 12.8 Å². The van der Waals surface area contributed by atoms with Gasteiger partial charge in [-0.3, -0.25) is 9.59 Å². The van der Waals surface area contributed by atoms with Crippen molar-refractivity contribution in [2.24, 2.45) is 11.7 Å². The van der Waals surface area contributed by atoms with Gasteiger partial charge >= 0.3 is 0 Å². The molecule has 2 N–H and O–H groups in total. The lowest BCUT2D eigenvalue weighted by atomic mass is 9.89. The number of alkyl halides is 1. The van der Waals surface area contributed by atoms with Crippen molar-refractivity contribution in [2.75, 3.05) is 0 Å². The van der Waals surface area contributed by atoms with Crippen molar-refractivity contribution in [3.05, 3.63) is 0 Å². The minimum absolute atomic E-state index is 0.0165. The third kappa shape index (κ3) is 11.1. The molecule has 0 spiro atoms. The third-order valence-corrected chi connectivity index (χ3v) is 5.62. The summed E-state index contributed by atoms with van der Waals surface area (Å²) in [4.78, 5) is 22.2. The van der Waals surface area contributed by atoms with Crippen LogP contribution in [0.3, 0.4) is 0 Å². The number of hydrogen-bond donors (Lipinski definition) is 1. The number of carbonyl (C=O) groups excluding carboxylic acids is 2.